The van der Waals surface area contributed by atoms with Crippen LogP contribution in [0.5, 0.6) is 0 Å². The Kier molecular flexibility index (Phi) is 3.63. The van der Waals surface area contributed by atoms with E-state index < -0.39 is 16.1 Å². The Morgan fingerprint density at radius 3 is 2.85 bits per heavy atom. The molecular weight excluding hydrogens is 316 g/mol. The Hall–Kier alpha value is -1.22. The molecule has 3 heterocycles. The molecule has 0 aromatic carbocycles. The van der Waals surface area contributed by atoms with Gasteiger partial charge in [-0.3, -0.25) is 4.79 Å². The van der Waals surface area contributed by atoms with Crippen molar-refractivity contribution in [2.24, 2.45) is 0 Å². The first-order valence-corrected chi connectivity index (χ1v) is 9.17. The Morgan fingerprint density at radius 1 is 1.25 bits per heavy atom. The van der Waals surface area contributed by atoms with Crippen molar-refractivity contribution in [1.29, 1.82) is 0 Å². The number of fused-ring (bicyclic) bond motifs is 1. The standard InChI is InChI=1S/C12H12N2O3S3/c15-12(11-2-1-6-18-11)13-20(16,17)14-5-3-10-9(8-14)4-7-19-10/h1-2,4,6-7H,3,5,8H2,(H,13,15). The van der Waals surface area contributed by atoms with Gasteiger partial charge in [-0.05, 0) is 34.9 Å². The average molecular weight is 328 g/mol. The van der Waals surface area contributed by atoms with Crippen molar-refractivity contribution in [3.05, 3.63) is 44.3 Å². The molecule has 8 heteroatoms. The predicted molar refractivity (Wildman–Crippen MR) is 79.1 cm³/mol. The molecule has 0 aliphatic carbocycles. The van der Waals surface area contributed by atoms with Gasteiger partial charge < -0.3 is 0 Å². The maximum absolute atomic E-state index is 12.2. The van der Waals surface area contributed by atoms with Gasteiger partial charge >= 0.3 is 10.2 Å². The molecule has 0 radical (unpaired) electrons. The van der Waals surface area contributed by atoms with Crippen molar-refractivity contribution in [2.45, 2.75) is 13.0 Å². The number of amides is 1. The summed E-state index contributed by atoms with van der Waals surface area (Å²) in [5.41, 5.74) is 1.02. The molecule has 0 saturated heterocycles. The van der Waals surface area contributed by atoms with Crippen LogP contribution in [0.25, 0.3) is 0 Å². The monoisotopic (exact) mass is 328 g/mol. The van der Waals surface area contributed by atoms with Gasteiger partial charge in [0.05, 0.1) is 4.88 Å². The number of thiophene rings is 2. The van der Waals surface area contributed by atoms with Gasteiger partial charge in [0.1, 0.15) is 0 Å². The molecule has 1 N–H and O–H groups in total. The zero-order valence-electron chi connectivity index (χ0n) is 10.4. The highest BCUT2D eigenvalue weighted by molar-refractivity contribution is 7.87. The molecule has 0 unspecified atom stereocenters. The van der Waals surface area contributed by atoms with Gasteiger partial charge in [0, 0.05) is 18.0 Å². The summed E-state index contributed by atoms with van der Waals surface area (Å²) < 4.78 is 27.9. The fourth-order valence-corrected chi connectivity index (χ4v) is 4.75. The molecule has 0 spiro atoms. The van der Waals surface area contributed by atoms with E-state index in [2.05, 4.69) is 4.72 Å². The zero-order chi connectivity index (χ0) is 14.2. The van der Waals surface area contributed by atoms with Crippen LogP contribution >= 0.6 is 22.7 Å². The van der Waals surface area contributed by atoms with E-state index in [1.807, 2.05) is 11.4 Å². The molecule has 0 atom stereocenters. The van der Waals surface area contributed by atoms with E-state index >= 15 is 0 Å². The van der Waals surface area contributed by atoms with Gasteiger partial charge in [0.2, 0.25) is 0 Å². The minimum absolute atomic E-state index is 0.325. The van der Waals surface area contributed by atoms with Crippen LogP contribution < -0.4 is 4.72 Å². The van der Waals surface area contributed by atoms with Gasteiger partial charge in [0.25, 0.3) is 5.91 Å². The molecule has 0 saturated carbocycles. The third-order valence-electron chi connectivity index (χ3n) is 3.08. The maximum Gasteiger partial charge on any atom is 0.304 e. The summed E-state index contributed by atoms with van der Waals surface area (Å²) >= 11 is 2.86. The largest absolute Gasteiger partial charge is 0.304 e. The summed E-state index contributed by atoms with van der Waals surface area (Å²) in [5, 5.41) is 3.70. The van der Waals surface area contributed by atoms with E-state index in [1.165, 1.54) is 20.5 Å². The van der Waals surface area contributed by atoms with Gasteiger partial charge in [-0.1, -0.05) is 6.07 Å². The molecular formula is C12H12N2O3S3. The zero-order valence-corrected chi connectivity index (χ0v) is 12.9. The first kappa shape index (κ1) is 13.7. The number of hydrogen-bond donors (Lipinski definition) is 1. The predicted octanol–water partition coefficient (Wildman–Crippen LogP) is 1.84. The van der Waals surface area contributed by atoms with Crippen molar-refractivity contribution < 1.29 is 13.2 Å². The number of nitrogens with zero attached hydrogens (tertiary/aromatic N) is 1. The number of hydrogen-bond acceptors (Lipinski definition) is 5. The normalized spacial score (nSPS) is 15.8. The molecule has 1 amide bonds. The number of carbonyl (C=O) groups excluding carboxylic acids is 1. The topological polar surface area (TPSA) is 66.5 Å². The van der Waals surface area contributed by atoms with E-state index in [-0.39, 0.29) is 0 Å². The van der Waals surface area contributed by atoms with Crippen LogP contribution in [0.15, 0.2) is 29.0 Å². The Bertz CT molecular complexity index is 719. The lowest BCUT2D eigenvalue weighted by atomic mass is 10.1. The van der Waals surface area contributed by atoms with Crippen molar-refractivity contribution in [3.8, 4) is 0 Å². The average Bonchev–Trinajstić information content (AvgIpc) is 3.08. The summed E-state index contributed by atoms with van der Waals surface area (Å²) in [6.07, 6.45) is 0.696. The highest BCUT2D eigenvalue weighted by Crippen LogP contribution is 2.25. The molecule has 0 fully saturated rings. The molecule has 2 aromatic rings. The van der Waals surface area contributed by atoms with E-state index in [0.29, 0.717) is 24.4 Å². The highest BCUT2D eigenvalue weighted by atomic mass is 32.2. The van der Waals surface area contributed by atoms with Crippen LogP contribution in [0.4, 0.5) is 0 Å². The second-order valence-corrected chi connectivity index (χ2v) is 7.99. The fraction of sp³-hybridized carbons (Fsp3) is 0.250. The minimum Gasteiger partial charge on any atom is -0.267 e. The molecule has 1 aliphatic heterocycles. The summed E-state index contributed by atoms with van der Waals surface area (Å²) in [6, 6.07) is 5.25. The lowest BCUT2D eigenvalue weighted by molar-refractivity contribution is 0.0982. The van der Waals surface area contributed by atoms with E-state index in [0.717, 1.165) is 5.56 Å². The van der Waals surface area contributed by atoms with Gasteiger partial charge in [-0.2, -0.15) is 12.7 Å². The number of nitrogens with one attached hydrogen (secondary N) is 1. The van der Waals surface area contributed by atoms with Crippen molar-refractivity contribution in [3.63, 3.8) is 0 Å². The van der Waals surface area contributed by atoms with Crippen LogP contribution in [0.2, 0.25) is 0 Å². The first-order valence-electron chi connectivity index (χ1n) is 5.97. The van der Waals surface area contributed by atoms with Crippen molar-refractivity contribution >= 4 is 38.8 Å². The fourth-order valence-electron chi connectivity index (χ4n) is 2.07. The van der Waals surface area contributed by atoms with E-state index in [4.69, 9.17) is 0 Å². The van der Waals surface area contributed by atoms with Crippen LogP contribution in [0.1, 0.15) is 20.1 Å². The maximum atomic E-state index is 12.2. The second kappa shape index (κ2) is 5.28. The second-order valence-electron chi connectivity index (χ2n) is 4.37. The van der Waals surface area contributed by atoms with Crippen LogP contribution in [0.3, 0.4) is 0 Å². The lowest BCUT2D eigenvalue weighted by Crippen LogP contribution is -2.45. The Labute approximate surface area is 125 Å². The molecule has 1 aliphatic rings. The quantitative estimate of drug-likeness (QED) is 0.935. The van der Waals surface area contributed by atoms with Gasteiger partial charge in [-0.25, -0.2) is 4.72 Å². The third kappa shape index (κ3) is 2.64. The molecule has 5 nitrogen and oxygen atoms in total. The lowest BCUT2D eigenvalue weighted by Gasteiger charge is -2.25. The number of rotatable bonds is 3. The third-order valence-corrected chi connectivity index (χ3v) is 6.41. The summed E-state index contributed by atoms with van der Waals surface area (Å²) in [7, 11) is -3.78. The van der Waals surface area contributed by atoms with Crippen molar-refractivity contribution in [1.82, 2.24) is 9.03 Å². The van der Waals surface area contributed by atoms with Crippen LogP contribution in [0, 0.1) is 0 Å². The molecule has 106 valence electrons. The highest BCUT2D eigenvalue weighted by Gasteiger charge is 2.29. The number of carbonyl (C=O) groups is 1. The van der Waals surface area contributed by atoms with Gasteiger partial charge in [0.15, 0.2) is 0 Å². The minimum atomic E-state index is -3.78. The molecule has 0 bridgehead atoms. The summed E-state index contributed by atoms with van der Waals surface area (Å²) in [6.45, 7) is 0.729. The van der Waals surface area contributed by atoms with Crippen molar-refractivity contribution in [2.75, 3.05) is 6.54 Å². The smallest absolute Gasteiger partial charge is 0.267 e. The summed E-state index contributed by atoms with van der Waals surface area (Å²) in [4.78, 5) is 13.5. The molecule has 2 aromatic heterocycles. The van der Waals surface area contributed by atoms with Gasteiger partial charge in [-0.15, -0.1) is 22.7 Å². The SMILES string of the molecule is O=C(NS(=O)(=O)N1CCc2sccc2C1)c1cccs1. The Balaban J connectivity index is 1.75. The van der Waals surface area contributed by atoms with E-state index in [1.54, 1.807) is 28.8 Å². The van der Waals surface area contributed by atoms with E-state index in [9.17, 15) is 13.2 Å². The first-order chi connectivity index (χ1) is 9.56. The molecule has 20 heavy (non-hydrogen) atoms. The van der Waals surface area contributed by atoms with Crippen LogP contribution in [-0.4, -0.2) is 25.2 Å². The Morgan fingerprint density at radius 2 is 2.10 bits per heavy atom. The van der Waals surface area contributed by atoms with Crippen LogP contribution in [-0.2, 0) is 23.2 Å². The molecule has 3 rings (SSSR count). The summed E-state index contributed by atoms with van der Waals surface area (Å²) in [5.74, 6) is -0.573.